The number of aliphatic hydroxyl groups is 1. The van der Waals surface area contributed by atoms with Crippen molar-refractivity contribution in [2.24, 2.45) is 7.05 Å². The summed E-state index contributed by atoms with van der Waals surface area (Å²) in [6, 6.07) is -0.338. The molecule has 0 bridgehead atoms. The van der Waals surface area contributed by atoms with E-state index in [4.69, 9.17) is 5.11 Å². The molecule has 1 aromatic rings. The Hall–Kier alpha value is -1.69. The van der Waals surface area contributed by atoms with Crippen LogP contribution in [0.1, 0.15) is 35.0 Å². The third kappa shape index (κ3) is 2.76. The van der Waals surface area contributed by atoms with Crippen molar-refractivity contribution in [1.29, 1.82) is 0 Å². The van der Waals surface area contributed by atoms with Gasteiger partial charge in [-0.2, -0.15) is 5.10 Å². The number of amides is 1. The molecule has 0 saturated heterocycles. The first-order chi connectivity index (χ1) is 8.42. The van der Waals surface area contributed by atoms with Crippen LogP contribution >= 0.6 is 0 Å². The molecule has 0 saturated carbocycles. The quantitative estimate of drug-likeness (QED) is 0.784. The Labute approximate surface area is 106 Å². The summed E-state index contributed by atoms with van der Waals surface area (Å²) in [4.78, 5) is 24.0. The second-order valence-corrected chi connectivity index (χ2v) is 4.28. The molecule has 1 aromatic heterocycles. The van der Waals surface area contributed by atoms with Gasteiger partial charge in [0.2, 0.25) is 0 Å². The highest BCUT2D eigenvalue weighted by molar-refractivity contribution is 5.95. The topological polar surface area (TPSA) is 84.2 Å². The molecule has 18 heavy (non-hydrogen) atoms. The molecule has 1 rings (SSSR count). The maximum Gasteiger partial charge on any atom is 0.279 e. The molecule has 0 radical (unpaired) electrons. The number of hydrogen-bond donors (Lipinski definition) is 2. The first-order valence-corrected chi connectivity index (χ1v) is 5.88. The van der Waals surface area contributed by atoms with Crippen LogP contribution in [-0.2, 0) is 7.05 Å². The molecule has 6 nitrogen and oxygen atoms in total. The molecular weight excluding hydrogens is 234 g/mol. The van der Waals surface area contributed by atoms with Crippen LogP contribution in [-0.4, -0.2) is 33.4 Å². The fourth-order valence-electron chi connectivity index (χ4n) is 1.65. The molecule has 6 heteroatoms. The van der Waals surface area contributed by atoms with Crippen molar-refractivity contribution in [1.82, 2.24) is 15.1 Å². The van der Waals surface area contributed by atoms with Gasteiger partial charge in [0.05, 0.1) is 18.3 Å². The molecule has 0 aliphatic heterocycles. The van der Waals surface area contributed by atoms with E-state index in [1.54, 1.807) is 13.8 Å². The van der Waals surface area contributed by atoms with Crippen molar-refractivity contribution in [3.63, 3.8) is 0 Å². The van der Waals surface area contributed by atoms with Gasteiger partial charge in [-0.15, -0.1) is 0 Å². The number of nitrogens with zero attached hydrogens (tertiary/aromatic N) is 2. The predicted molar refractivity (Wildman–Crippen MR) is 67.6 cm³/mol. The van der Waals surface area contributed by atoms with Gasteiger partial charge in [-0.05, 0) is 25.8 Å². The average molecular weight is 253 g/mol. The summed E-state index contributed by atoms with van der Waals surface area (Å²) in [5, 5.41) is 15.7. The third-order valence-electron chi connectivity index (χ3n) is 3.00. The molecule has 0 spiro atoms. The molecule has 1 amide bonds. The summed E-state index contributed by atoms with van der Waals surface area (Å²) in [6.07, 6.45) is 0.603. The minimum atomic E-state index is -0.459. The van der Waals surface area contributed by atoms with Crippen LogP contribution in [0.15, 0.2) is 4.79 Å². The van der Waals surface area contributed by atoms with E-state index in [0.29, 0.717) is 17.7 Å². The highest BCUT2D eigenvalue weighted by Crippen LogP contribution is 2.06. The standard InChI is InChI=1S/C12H19N3O3/c1-5-9(6-16)13-11(17)10-7(2)8(3)14-15(4)12(10)18/h9,16H,5-6H2,1-4H3,(H,13,17)/t9-/m0/s1. The smallest absolute Gasteiger partial charge is 0.279 e. The van der Waals surface area contributed by atoms with Crippen LogP contribution in [0.4, 0.5) is 0 Å². The zero-order valence-corrected chi connectivity index (χ0v) is 11.1. The summed E-state index contributed by atoms with van der Waals surface area (Å²) in [5.41, 5.74) is 0.878. The van der Waals surface area contributed by atoms with Crippen LogP contribution in [0.2, 0.25) is 0 Å². The average Bonchev–Trinajstić information content (AvgIpc) is 2.33. The Morgan fingerprint density at radius 2 is 2.11 bits per heavy atom. The zero-order valence-electron chi connectivity index (χ0n) is 11.1. The highest BCUT2D eigenvalue weighted by Gasteiger charge is 2.19. The molecule has 1 heterocycles. The Bertz CT molecular complexity index is 504. The number of aliphatic hydroxyl groups excluding tert-OH is 1. The number of nitrogens with one attached hydrogen (secondary N) is 1. The Balaban J connectivity index is 3.17. The van der Waals surface area contributed by atoms with Crippen LogP contribution < -0.4 is 10.9 Å². The molecule has 2 N–H and O–H groups in total. The predicted octanol–water partition coefficient (Wildman–Crippen LogP) is -0.102. The van der Waals surface area contributed by atoms with Crippen molar-refractivity contribution >= 4 is 5.91 Å². The molecule has 0 aromatic carbocycles. The SMILES string of the molecule is CC[C@@H](CO)NC(=O)c1c(C)c(C)nn(C)c1=O. The van der Waals surface area contributed by atoms with Crippen LogP contribution in [0, 0.1) is 13.8 Å². The van der Waals surface area contributed by atoms with Crippen molar-refractivity contribution < 1.29 is 9.90 Å². The lowest BCUT2D eigenvalue weighted by atomic mass is 10.1. The summed E-state index contributed by atoms with van der Waals surface area (Å²) < 4.78 is 1.15. The summed E-state index contributed by atoms with van der Waals surface area (Å²) in [7, 11) is 1.51. The van der Waals surface area contributed by atoms with Crippen molar-refractivity contribution in [3.05, 3.63) is 27.2 Å². The third-order valence-corrected chi connectivity index (χ3v) is 3.00. The fraction of sp³-hybridized carbons (Fsp3) is 0.583. The van der Waals surface area contributed by atoms with Crippen molar-refractivity contribution in [3.8, 4) is 0 Å². The number of aryl methyl sites for hydroxylation is 2. The molecule has 0 aliphatic rings. The number of carbonyl (C=O) groups is 1. The number of aromatic nitrogens is 2. The van der Waals surface area contributed by atoms with E-state index in [1.165, 1.54) is 7.05 Å². The summed E-state index contributed by atoms with van der Waals surface area (Å²) in [5.74, 6) is -0.459. The monoisotopic (exact) mass is 253 g/mol. The molecular formula is C12H19N3O3. The largest absolute Gasteiger partial charge is 0.394 e. The van der Waals surface area contributed by atoms with Crippen molar-refractivity contribution in [2.45, 2.75) is 33.2 Å². The van der Waals surface area contributed by atoms with E-state index in [-0.39, 0.29) is 18.2 Å². The molecule has 0 fully saturated rings. The van der Waals surface area contributed by atoms with Gasteiger partial charge in [-0.3, -0.25) is 9.59 Å². The van der Waals surface area contributed by atoms with Gasteiger partial charge < -0.3 is 10.4 Å². The second kappa shape index (κ2) is 5.77. The fourth-order valence-corrected chi connectivity index (χ4v) is 1.65. The number of rotatable bonds is 4. The van der Waals surface area contributed by atoms with Gasteiger partial charge in [0.1, 0.15) is 5.56 Å². The second-order valence-electron chi connectivity index (χ2n) is 4.28. The Kier molecular flexibility index (Phi) is 4.61. The van der Waals surface area contributed by atoms with Gasteiger partial charge in [0.15, 0.2) is 0 Å². The lowest BCUT2D eigenvalue weighted by molar-refractivity contribution is 0.0911. The van der Waals surface area contributed by atoms with Gasteiger partial charge >= 0.3 is 0 Å². The van der Waals surface area contributed by atoms with E-state index in [9.17, 15) is 9.59 Å². The Morgan fingerprint density at radius 3 is 2.61 bits per heavy atom. The number of hydrogen-bond acceptors (Lipinski definition) is 4. The normalized spacial score (nSPS) is 12.3. The van der Waals surface area contributed by atoms with E-state index in [2.05, 4.69) is 10.4 Å². The summed E-state index contributed by atoms with van der Waals surface area (Å²) >= 11 is 0. The van der Waals surface area contributed by atoms with Crippen LogP contribution in [0.25, 0.3) is 0 Å². The summed E-state index contributed by atoms with van der Waals surface area (Å²) in [6.45, 7) is 5.14. The van der Waals surface area contributed by atoms with Gasteiger partial charge in [0, 0.05) is 7.05 Å². The van der Waals surface area contributed by atoms with E-state index in [0.717, 1.165) is 4.68 Å². The lowest BCUT2D eigenvalue weighted by Crippen LogP contribution is -2.41. The van der Waals surface area contributed by atoms with E-state index >= 15 is 0 Å². The minimum absolute atomic E-state index is 0.0944. The van der Waals surface area contributed by atoms with E-state index in [1.807, 2.05) is 6.92 Å². The van der Waals surface area contributed by atoms with Gasteiger partial charge in [-0.25, -0.2) is 4.68 Å². The lowest BCUT2D eigenvalue weighted by Gasteiger charge is -2.15. The minimum Gasteiger partial charge on any atom is -0.394 e. The maximum atomic E-state index is 12.1. The Morgan fingerprint density at radius 1 is 1.50 bits per heavy atom. The van der Waals surface area contributed by atoms with Gasteiger partial charge in [0.25, 0.3) is 11.5 Å². The molecule has 0 unspecified atom stereocenters. The first-order valence-electron chi connectivity index (χ1n) is 5.88. The molecule has 0 aliphatic carbocycles. The zero-order chi connectivity index (χ0) is 13.9. The first kappa shape index (κ1) is 14.4. The highest BCUT2D eigenvalue weighted by atomic mass is 16.3. The van der Waals surface area contributed by atoms with Gasteiger partial charge in [-0.1, -0.05) is 6.92 Å². The molecule has 100 valence electrons. The number of carbonyl (C=O) groups excluding carboxylic acids is 1. The van der Waals surface area contributed by atoms with Crippen LogP contribution in [0.3, 0.4) is 0 Å². The maximum absolute atomic E-state index is 12.1. The van der Waals surface area contributed by atoms with Crippen LogP contribution in [0.5, 0.6) is 0 Å². The van der Waals surface area contributed by atoms with Crippen molar-refractivity contribution in [2.75, 3.05) is 6.61 Å². The molecule has 1 atom stereocenters. The van der Waals surface area contributed by atoms with E-state index < -0.39 is 11.5 Å².